The van der Waals surface area contributed by atoms with Gasteiger partial charge in [0.15, 0.2) is 5.60 Å². The average Bonchev–Trinajstić information content (AvgIpc) is 2.40. The zero-order chi connectivity index (χ0) is 16.0. The van der Waals surface area contributed by atoms with E-state index in [1.165, 1.54) is 0 Å². The van der Waals surface area contributed by atoms with E-state index >= 15 is 0 Å². The highest BCUT2D eigenvalue weighted by Crippen LogP contribution is 2.16. The van der Waals surface area contributed by atoms with E-state index < -0.39 is 11.6 Å². The Morgan fingerprint density at radius 3 is 2.52 bits per heavy atom. The maximum atomic E-state index is 11.5. The van der Waals surface area contributed by atoms with Crippen LogP contribution in [0.15, 0.2) is 18.2 Å². The van der Waals surface area contributed by atoms with Crippen molar-refractivity contribution < 1.29 is 24.5 Å². The molecule has 0 aliphatic heterocycles. The second-order valence-electron chi connectivity index (χ2n) is 5.20. The van der Waals surface area contributed by atoms with Gasteiger partial charge in [-0.25, -0.2) is 4.79 Å². The third-order valence-corrected chi connectivity index (χ3v) is 3.17. The van der Waals surface area contributed by atoms with Crippen LogP contribution in [0.4, 0.5) is 0 Å². The fraction of sp³-hybridized carbons (Fsp3) is 0.467. The zero-order valence-corrected chi connectivity index (χ0v) is 12.5. The molecule has 3 N–H and O–H groups in total. The first-order chi connectivity index (χ1) is 9.72. The molecule has 6 nitrogen and oxygen atoms in total. The first-order valence-electron chi connectivity index (χ1n) is 6.65. The molecule has 1 amide bonds. The Balaban J connectivity index is 2.34. The summed E-state index contributed by atoms with van der Waals surface area (Å²) in [4.78, 5) is 22.2. The van der Waals surface area contributed by atoms with Crippen LogP contribution < -0.4 is 10.1 Å². The second-order valence-corrected chi connectivity index (χ2v) is 5.20. The van der Waals surface area contributed by atoms with E-state index in [0.29, 0.717) is 5.75 Å². The summed E-state index contributed by atoms with van der Waals surface area (Å²) in [5, 5.41) is 20.5. The van der Waals surface area contributed by atoms with Gasteiger partial charge in [0.2, 0.25) is 5.91 Å². The van der Waals surface area contributed by atoms with Gasteiger partial charge in [0, 0.05) is 0 Å². The first kappa shape index (κ1) is 17.0. The summed E-state index contributed by atoms with van der Waals surface area (Å²) in [5.41, 5.74) is 0.301. The molecule has 0 aliphatic rings. The smallest absolute Gasteiger partial charge is 0.337 e. The van der Waals surface area contributed by atoms with Crippen molar-refractivity contribution in [2.45, 2.75) is 32.8 Å². The number of carboxylic acid groups (broad SMARTS) is 1. The van der Waals surface area contributed by atoms with Crippen LogP contribution in [0.25, 0.3) is 0 Å². The van der Waals surface area contributed by atoms with Gasteiger partial charge >= 0.3 is 5.97 Å². The average molecular weight is 295 g/mol. The topological polar surface area (TPSA) is 95.9 Å². The van der Waals surface area contributed by atoms with E-state index in [0.717, 1.165) is 18.1 Å². The number of aryl methyl sites for hydroxylation is 2. The molecule has 0 aromatic heterocycles. The molecule has 116 valence electrons. The van der Waals surface area contributed by atoms with Crippen LogP contribution >= 0.6 is 0 Å². The van der Waals surface area contributed by atoms with Gasteiger partial charge < -0.3 is 20.3 Å². The van der Waals surface area contributed by atoms with Gasteiger partial charge in [-0.15, -0.1) is 0 Å². The van der Waals surface area contributed by atoms with E-state index in [9.17, 15) is 14.7 Å². The molecule has 1 aromatic rings. The largest absolute Gasteiger partial charge is 0.493 e. The maximum Gasteiger partial charge on any atom is 0.337 e. The van der Waals surface area contributed by atoms with E-state index in [1.807, 2.05) is 32.0 Å². The Labute approximate surface area is 123 Å². The highest BCUT2D eigenvalue weighted by atomic mass is 16.5. The molecule has 0 spiro atoms. The molecular formula is C15H21NO5. The third-order valence-electron chi connectivity index (χ3n) is 3.17. The van der Waals surface area contributed by atoms with Crippen molar-refractivity contribution in [3.05, 3.63) is 29.3 Å². The Bertz CT molecular complexity index is 525. The number of nitrogens with one attached hydrogen (secondary N) is 1. The number of ether oxygens (including phenoxy) is 1. The summed E-state index contributed by atoms with van der Waals surface area (Å²) in [6, 6.07) is 5.66. The number of aliphatic hydroxyl groups is 1. The minimum atomic E-state index is -1.97. The van der Waals surface area contributed by atoms with Gasteiger partial charge in [-0.05, 0) is 44.0 Å². The predicted octanol–water partition coefficient (Wildman–Crippen LogP) is 1.02. The summed E-state index contributed by atoms with van der Waals surface area (Å²) in [6.07, 6.45) is 0.0859. The van der Waals surface area contributed by atoms with Crippen LogP contribution in [0.3, 0.4) is 0 Å². The number of hydrogen-bond donors (Lipinski definition) is 3. The second kappa shape index (κ2) is 7.08. The molecular weight excluding hydrogens is 274 g/mol. The molecule has 0 heterocycles. The van der Waals surface area contributed by atoms with E-state index in [1.54, 1.807) is 0 Å². The Hall–Kier alpha value is -2.08. The SMILES string of the molecule is Cc1ccc(OCCC(=O)NCC(C)(O)C(=O)O)cc1C. The minimum Gasteiger partial charge on any atom is -0.493 e. The predicted molar refractivity (Wildman–Crippen MR) is 77.3 cm³/mol. The number of rotatable bonds is 7. The molecule has 0 aliphatic carbocycles. The Kier molecular flexibility index (Phi) is 5.72. The normalized spacial score (nSPS) is 13.3. The molecule has 1 rings (SSSR count). The number of carbonyl (C=O) groups is 2. The molecule has 6 heteroatoms. The molecule has 1 atom stereocenters. The Morgan fingerprint density at radius 1 is 1.29 bits per heavy atom. The van der Waals surface area contributed by atoms with Crippen LogP contribution in [-0.2, 0) is 9.59 Å². The van der Waals surface area contributed by atoms with Gasteiger partial charge in [0.25, 0.3) is 0 Å². The first-order valence-corrected chi connectivity index (χ1v) is 6.65. The summed E-state index contributed by atoms with van der Waals surface area (Å²) >= 11 is 0. The van der Waals surface area contributed by atoms with Crippen LogP contribution in [0.2, 0.25) is 0 Å². The van der Waals surface area contributed by atoms with Crippen molar-refractivity contribution in [3.8, 4) is 5.75 Å². The number of carboxylic acids is 1. The molecule has 0 saturated carbocycles. The van der Waals surface area contributed by atoms with Crippen molar-refractivity contribution >= 4 is 11.9 Å². The standard InChI is InChI=1S/C15H21NO5/c1-10-4-5-12(8-11(10)2)21-7-6-13(17)16-9-15(3,20)14(18)19/h4-5,8,20H,6-7,9H2,1-3H3,(H,16,17)(H,18,19). The quantitative estimate of drug-likeness (QED) is 0.698. The van der Waals surface area contributed by atoms with Crippen molar-refractivity contribution in [2.24, 2.45) is 0 Å². The van der Waals surface area contributed by atoms with E-state index in [4.69, 9.17) is 9.84 Å². The summed E-state index contributed by atoms with van der Waals surface area (Å²) in [7, 11) is 0. The lowest BCUT2D eigenvalue weighted by atomic mass is 10.1. The number of amides is 1. The van der Waals surface area contributed by atoms with Crippen LogP contribution in [0.5, 0.6) is 5.75 Å². The van der Waals surface area contributed by atoms with Crippen molar-refractivity contribution in [3.63, 3.8) is 0 Å². The molecule has 1 aromatic carbocycles. The van der Waals surface area contributed by atoms with Gasteiger partial charge in [-0.2, -0.15) is 0 Å². The lowest BCUT2D eigenvalue weighted by molar-refractivity contribution is -0.156. The molecule has 0 fully saturated rings. The van der Waals surface area contributed by atoms with Crippen LogP contribution in [-0.4, -0.2) is 40.8 Å². The minimum absolute atomic E-state index is 0.0859. The zero-order valence-electron chi connectivity index (χ0n) is 12.5. The highest BCUT2D eigenvalue weighted by molar-refractivity contribution is 5.80. The molecule has 0 radical (unpaired) electrons. The fourth-order valence-electron chi connectivity index (χ4n) is 1.50. The van der Waals surface area contributed by atoms with Crippen molar-refractivity contribution in [2.75, 3.05) is 13.2 Å². The maximum absolute atomic E-state index is 11.5. The number of aliphatic carboxylic acids is 1. The number of benzene rings is 1. The highest BCUT2D eigenvalue weighted by Gasteiger charge is 2.30. The summed E-state index contributed by atoms with van der Waals surface area (Å²) in [6.45, 7) is 4.94. The van der Waals surface area contributed by atoms with Gasteiger partial charge in [-0.3, -0.25) is 4.79 Å². The van der Waals surface area contributed by atoms with Crippen LogP contribution in [0, 0.1) is 13.8 Å². The molecule has 21 heavy (non-hydrogen) atoms. The summed E-state index contributed by atoms with van der Waals surface area (Å²) in [5.74, 6) is -1.07. The van der Waals surface area contributed by atoms with Gasteiger partial charge in [0.05, 0.1) is 19.6 Å². The van der Waals surface area contributed by atoms with Crippen molar-refractivity contribution in [1.82, 2.24) is 5.32 Å². The van der Waals surface area contributed by atoms with Crippen LogP contribution in [0.1, 0.15) is 24.5 Å². The van der Waals surface area contributed by atoms with Crippen molar-refractivity contribution in [1.29, 1.82) is 0 Å². The number of hydrogen-bond acceptors (Lipinski definition) is 4. The molecule has 0 bridgehead atoms. The summed E-state index contributed by atoms with van der Waals surface area (Å²) < 4.78 is 5.45. The van der Waals surface area contributed by atoms with Gasteiger partial charge in [-0.1, -0.05) is 6.07 Å². The third kappa shape index (κ3) is 5.43. The van der Waals surface area contributed by atoms with E-state index in [-0.39, 0.29) is 25.5 Å². The molecule has 1 unspecified atom stereocenters. The lowest BCUT2D eigenvalue weighted by Crippen LogP contribution is -2.46. The molecule has 0 saturated heterocycles. The lowest BCUT2D eigenvalue weighted by Gasteiger charge is -2.18. The number of carbonyl (C=O) groups excluding carboxylic acids is 1. The Morgan fingerprint density at radius 2 is 1.95 bits per heavy atom. The monoisotopic (exact) mass is 295 g/mol. The van der Waals surface area contributed by atoms with E-state index in [2.05, 4.69) is 5.32 Å². The fourth-order valence-corrected chi connectivity index (χ4v) is 1.50. The van der Waals surface area contributed by atoms with Gasteiger partial charge in [0.1, 0.15) is 5.75 Å².